The second-order valence-corrected chi connectivity index (χ2v) is 29.4. The Hall–Kier alpha value is 0. The van der Waals surface area contributed by atoms with Crippen molar-refractivity contribution in [1.29, 1.82) is 0 Å². The predicted molar refractivity (Wildman–Crippen MR) is 423 cm³/mol. The molecule has 0 fully saturated rings. The fourth-order valence-electron chi connectivity index (χ4n) is 3.58. The Morgan fingerprint density at radius 2 is 0.369 bits per heavy atom. The molecule has 1 atom stereocenters. The lowest BCUT2D eigenvalue weighted by molar-refractivity contribution is 0.397. The van der Waals surface area contributed by atoms with Crippen LogP contribution in [0.5, 0.6) is 0 Å². The first kappa shape index (κ1) is 129. The molecule has 0 amide bonds. The van der Waals surface area contributed by atoms with Gasteiger partial charge in [-0.15, -0.1) is 0 Å². The highest BCUT2D eigenvalue weighted by atomic mass is 14.1. The molecule has 0 spiro atoms. The van der Waals surface area contributed by atoms with Crippen LogP contribution in [-0.2, 0) is 0 Å². The molecule has 0 nitrogen and oxygen atoms in total. The van der Waals surface area contributed by atoms with Crippen LogP contribution >= 0.6 is 0 Å². The molecular weight excluding hydrogens is 1010 g/mol. The first-order valence-corrected chi connectivity index (χ1v) is 38.4. The molecule has 0 rings (SSSR count). The smallest absolute Gasteiger partial charge is 0.0385 e. The molecule has 0 aliphatic rings. The van der Waals surface area contributed by atoms with E-state index in [9.17, 15) is 0 Å². The Morgan fingerprint density at radius 1 is 0.226 bits per heavy atom. The summed E-state index contributed by atoms with van der Waals surface area (Å²) in [5.74, 6) is 9.96. The summed E-state index contributed by atoms with van der Waals surface area (Å²) < 4.78 is 0. The topological polar surface area (TPSA) is 0 Å². The zero-order chi connectivity index (χ0) is 72.3. The van der Waals surface area contributed by atoms with Crippen LogP contribution in [-0.4, -0.2) is 0 Å². The summed E-state index contributed by atoms with van der Waals surface area (Å²) in [6, 6.07) is 0. The quantitative estimate of drug-likeness (QED) is 0.128. The summed E-state index contributed by atoms with van der Waals surface area (Å²) in [5, 5.41) is 0. The van der Waals surface area contributed by atoms with Crippen molar-refractivity contribution >= 4 is 0 Å². The summed E-state index contributed by atoms with van der Waals surface area (Å²) >= 11 is 0. The van der Waals surface area contributed by atoms with Crippen LogP contribution in [0.2, 0.25) is 0 Å². The largest absolute Gasteiger partial charge is 0.0683 e. The van der Waals surface area contributed by atoms with Crippen LogP contribution in [0.1, 0.15) is 475 Å². The summed E-state index contributed by atoms with van der Waals surface area (Å²) in [7, 11) is 0. The molecule has 538 valence electrons. The van der Waals surface area contributed by atoms with Gasteiger partial charge in [-0.25, -0.2) is 0 Å². The Labute approximate surface area is 553 Å². The molecule has 0 N–H and O–H groups in total. The van der Waals surface area contributed by atoms with Gasteiger partial charge in [0.1, 0.15) is 0 Å². The minimum absolute atomic E-state index is 0.500. The molecule has 0 aromatic carbocycles. The Kier molecular flexibility index (Phi) is 175. The highest BCUT2D eigenvalue weighted by Gasteiger charge is 2.04. The fourth-order valence-corrected chi connectivity index (χ4v) is 3.58. The standard InChI is InChI=1S/2C7H16.8C6H14.2C5H12.C4H10.4C2H6/c1-4-6-7(3)5-2;1-4-7(5-2)6-3;2*1-5-6(2,3)4;1-5(2)6(3)4;2*1-4-5-6(2)3;3*1-4-6(3)5-2;1-5(2,3)4;1-4-5(2)3;1-4(2)3;4*1-2/h2*7H,4-6H2,1-3H3;2*5H2,1-4H3;5-6H,1-4H3;5*6H,4-5H2,1-3H3;1-4H3;5H,4H2,1-3H3;4H,1-3H3;4*1-2H3. The van der Waals surface area contributed by atoms with Gasteiger partial charge in [-0.1, -0.05) is 475 Å². The minimum Gasteiger partial charge on any atom is -0.0683 e. The monoisotopic (exact) mass is 1210 g/mol. The third kappa shape index (κ3) is 320. The Morgan fingerprint density at radius 3 is 0.381 bits per heavy atom. The third-order valence-corrected chi connectivity index (χ3v) is 13.4. The first-order chi connectivity index (χ1) is 38.4. The molecule has 0 aliphatic heterocycles. The Bertz CT molecular complexity index is 734. The summed E-state index contributed by atoms with van der Waals surface area (Å²) in [5.41, 5.74) is 1.58. The summed E-state index contributed by atoms with van der Waals surface area (Å²) in [4.78, 5) is 0. The molecule has 0 radical (unpaired) electrons. The van der Waals surface area contributed by atoms with Gasteiger partial charge in [0.15, 0.2) is 0 Å². The first-order valence-electron chi connectivity index (χ1n) is 38.4. The van der Waals surface area contributed by atoms with Crippen LogP contribution in [0.4, 0.5) is 0 Å². The highest BCUT2D eigenvalue weighted by Crippen LogP contribution is 2.17. The number of rotatable bonds is 18. The van der Waals surface area contributed by atoms with E-state index in [0.29, 0.717) is 16.2 Å². The van der Waals surface area contributed by atoms with Crippen molar-refractivity contribution in [2.24, 2.45) is 81.3 Å². The van der Waals surface area contributed by atoms with E-state index in [1.807, 2.05) is 55.4 Å². The van der Waals surface area contributed by atoms with Crippen molar-refractivity contribution in [2.45, 2.75) is 475 Å². The zero-order valence-corrected chi connectivity index (χ0v) is 72.3. The fraction of sp³-hybridized carbons (Fsp3) is 1.00. The van der Waals surface area contributed by atoms with Crippen LogP contribution in [0.3, 0.4) is 0 Å². The average Bonchev–Trinajstić information content (AvgIpc) is 3.43. The number of hydrogen-bond acceptors (Lipinski definition) is 0. The maximum Gasteiger partial charge on any atom is -0.0385 e. The summed E-state index contributed by atoms with van der Waals surface area (Å²) in [6.07, 6.45) is 25.4. The average molecular weight is 1210 g/mol. The van der Waals surface area contributed by atoms with Crippen molar-refractivity contribution in [2.75, 3.05) is 0 Å². The SMILES string of the molecule is CC.CC.CC.CC.CC(C)(C)C.CC(C)C.CC(C)C(C)C.CCC(C)(C)C.CCC(C)(C)C.CCC(C)C.CCC(C)CC.CCC(C)CC.CCC(C)CC.CCC(CC)CC.CCCC(C)C.CCCC(C)C.CCCC(C)CC. The van der Waals surface area contributed by atoms with E-state index < -0.39 is 0 Å². The van der Waals surface area contributed by atoms with Crippen molar-refractivity contribution < 1.29 is 0 Å². The van der Waals surface area contributed by atoms with Gasteiger partial charge in [0.05, 0.1) is 0 Å². The van der Waals surface area contributed by atoms with E-state index >= 15 is 0 Å². The molecule has 1 unspecified atom stereocenters. The van der Waals surface area contributed by atoms with Gasteiger partial charge in [0.25, 0.3) is 0 Å². The summed E-state index contributed by atoms with van der Waals surface area (Å²) in [6.45, 7) is 112. The van der Waals surface area contributed by atoms with Crippen molar-refractivity contribution in [3.05, 3.63) is 0 Å². The third-order valence-electron chi connectivity index (χ3n) is 13.4. The molecule has 0 aromatic rings. The lowest BCUT2D eigenvalue weighted by Gasteiger charge is -2.12. The van der Waals surface area contributed by atoms with Gasteiger partial charge in [0, 0.05) is 0 Å². The molecular formula is C84H202. The molecule has 84 heavy (non-hydrogen) atoms. The second kappa shape index (κ2) is 114. The lowest BCUT2D eigenvalue weighted by atomic mass is 9.94. The minimum atomic E-state index is 0.500. The maximum absolute atomic E-state index is 2.31. The normalized spacial score (nSPS) is 10.1. The molecule has 0 aromatic heterocycles. The molecule has 0 saturated carbocycles. The molecule has 0 bridgehead atoms. The zero-order valence-electron chi connectivity index (χ0n) is 72.3. The van der Waals surface area contributed by atoms with Gasteiger partial charge in [0.2, 0.25) is 0 Å². The molecule has 0 aliphatic carbocycles. The van der Waals surface area contributed by atoms with Gasteiger partial charge in [-0.3, -0.25) is 0 Å². The van der Waals surface area contributed by atoms with Crippen LogP contribution in [0.15, 0.2) is 0 Å². The van der Waals surface area contributed by atoms with Crippen molar-refractivity contribution in [3.8, 4) is 0 Å². The lowest BCUT2D eigenvalue weighted by Crippen LogP contribution is -2.00. The van der Waals surface area contributed by atoms with Crippen molar-refractivity contribution in [1.82, 2.24) is 0 Å². The highest BCUT2D eigenvalue weighted by molar-refractivity contribution is 4.56. The van der Waals surface area contributed by atoms with E-state index in [1.54, 1.807) is 0 Å². The predicted octanol–water partition coefficient (Wildman–Crippen LogP) is 34.9. The van der Waals surface area contributed by atoms with Gasteiger partial charge < -0.3 is 0 Å². The molecule has 0 heteroatoms. The van der Waals surface area contributed by atoms with Crippen LogP contribution in [0, 0.1) is 81.3 Å². The second-order valence-electron chi connectivity index (χ2n) is 29.4. The van der Waals surface area contributed by atoms with E-state index in [1.165, 1.54) is 122 Å². The van der Waals surface area contributed by atoms with E-state index in [0.717, 1.165) is 65.1 Å². The number of hydrogen-bond donors (Lipinski definition) is 0. The van der Waals surface area contributed by atoms with Gasteiger partial charge in [-0.05, 0) is 81.3 Å². The van der Waals surface area contributed by atoms with E-state index in [-0.39, 0.29) is 0 Å². The van der Waals surface area contributed by atoms with Gasteiger partial charge >= 0.3 is 0 Å². The van der Waals surface area contributed by atoms with Crippen LogP contribution < -0.4 is 0 Å². The van der Waals surface area contributed by atoms with Crippen LogP contribution in [0.25, 0.3) is 0 Å². The molecule has 0 heterocycles. The Balaban J connectivity index is -0.0000000382. The van der Waals surface area contributed by atoms with Gasteiger partial charge in [-0.2, -0.15) is 0 Å². The maximum atomic E-state index is 2.31. The molecule has 0 saturated heterocycles. The van der Waals surface area contributed by atoms with E-state index in [4.69, 9.17) is 0 Å². The van der Waals surface area contributed by atoms with Crippen molar-refractivity contribution in [3.63, 3.8) is 0 Å². The van der Waals surface area contributed by atoms with E-state index in [2.05, 4.69) is 298 Å².